The Morgan fingerprint density at radius 3 is 2.54 bits per heavy atom. The van der Waals surface area contributed by atoms with Gasteiger partial charge in [-0.2, -0.15) is 0 Å². The Labute approximate surface area is 146 Å². The first-order chi connectivity index (χ1) is 11.9. The monoisotopic (exact) mass is 336 g/mol. The Hall–Kier alpha value is -2.17. The van der Waals surface area contributed by atoms with Gasteiger partial charge in [0.1, 0.15) is 0 Å². The number of nitrogens with zero attached hydrogens (tertiary/aromatic N) is 1. The standard InChI is InChI=1S/C20H20N2OS/c1-3-7-15(8-4-1)18-13-17(11-12-23-18)22-20-21-14-19(24-20)16-9-5-2-6-10-16/h1-10,14,17-18H,11-13H2,(H,21,22). The highest BCUT2D eigenvalue weighted by Crippen LogP contribution is 2.33. The van der Waals surface area contributed by atoms with Gasteiger partial charge in [-0.3, -0.25) is 0 Å². The zero-order valence-corrected chi connectivity index (χ0v) is 14.2. The quantitative estimate of drug-likeness (QED) is 0.716. The Morgan fingerprint density at radius 2 is 1.75 bits per heavy atom. The minimum atomic E-state index is 0.172. The predicted molar refractivity (Wildman–Crippen MR) is 99.3 cm³/mol. The molecular weight excluding hydrogens is 316 g/mol. The van der Waals surface area contributed by atoms with Crippen molar-refractivity contribution in [2.45, 2.75) is 25.0 Å². The molecule has 2 atom stereocenters. The molecular formula is C20H20N2OS. The van der Waals surface area contributed by atoms with E-state index in [0.717, 1.165) is 24.6 Å². The molecule has 1 fully saturated rings. The summed E-state index contributed by atoms with van der Waals surface area (Å²) in [6, 6.07) is 21.3. The Kier molecular flexibility index (Phi) is 4.58. The largest absolute Gasteiger partial charge is 0.373 e. The zero-order chi connectivity index (χ0) is 16.2. The molecule has 1 aliphatic heterocycles. The van der Waals surface area contributed by atoms with Gasteiger partial charge in [-0.05, 0) is 24.0 Å². The number of hydrogen-bond acceptors (Lipinski definition) is 4. The van der Waals surface area contributed by atoms with E-state index in [1.165, 1.54) is 16.0 Å². The van der Waals surface area contributed by atoms with E-state index in [9.17, 15) is 0 Å². The van der Waals surface area contributed by atoms with Crippen molar-refractivity contribution in [3.63, 3.8) is 0 Å². The maximum absolute atomic E-state index is 5.95. The minimum absolute atomic E-state index is 0.172. The van der Waals surface area contributed by atoms with Crippen LogP contribution < -0.4 is 5.32 Å². The molecule has 1 aromatic heterocycles. The molecule has 2 heterocycles. The minimum Gasteiger partial charge on any atom is -0.373 e. The highest BCUT2D eigenvalue weighted by molar-refractivity contribution is 7.18. The molecule has 2 aromatic carbocycles. The van der Waals surface area contributed by atoms with Crippen molar-refractivity contribution in [1.82, 2.24) is 4.98 Å². The fourth-order valence-electron chi connectivity index (χ4n) is 3.08. The van der Waals surface area contributed by atoms with Crippen LogP contribution in [0.15, 0.2) is 66.9 Å². The van der Waals surface area contributed by atoms with Crippen LogP contribution in [-0.2, 0) is 4.74 Å². The lowest BCUT2D eigenvalue weighted by Gasteiger charge is -2.30. The lowest BCUT2D eigenvalue weighted by atomic mass is 9.98. The van der Waals surface area contributed by atoms with E-state index in [0.29, 0.717) is 6.04 Å². The Balaban J connectivity index is 1.43. The first kappa shape index (κ1) is 15.4. The number of aromatic nitrogens is 1. The first-order valence-corrected chi connectivity index (χ1v) is 9.14. The third-order valence-electron chi connectivity index (χ3n) is 4.35. The van der Waals surface area contributed by atoms with Crippen LogP contribution in [0, 0.1) is 0 Å². The van der Waals surface area contributed by atoms with Crippen molar-refractivity contribution in [2.24, 2.45) is 0 Å². The number of thiazole rings is 1. The average molecular weight is 336 g/mol. The van der Waals surface area contributed by atoms with Crippen molar-refractivity contribution in [2.75, 3.05) is 11.9 Å². The van der Waals surface area contributed by atoms with Crippen LogP contribution in [0.5, 0.6) is 0 Å². The molecule has 4 rings (SSSR count). The average Bonchev–Trinajstić information content (AvgIpc) is 3.12. The van der Waals surface area contributed by atoms with Gasteiger partial charge < -0.3 is 10.1 Å². The van der Waals surface area contributed by atoms with E-state index in [4.69, 9.17) is 4.74 Å². The summed E-state index contributed by atoms with van der Waals surface area (Å²) in [5, 5.41) is 4.59. The summed E-state index contributed by atoms with van der Waals surface area (Å²) in [4.78, 5) is 5.75. The normalized spacial score (nSPS) is 20.7. The van der Waals surface area contributed by atoms with Crippen LogP contribution in [0.3, 0.4) is 0 Å². The van der Waals surface area contributed by atoms with E-state index < -0.39 is 0 Å². The van der Waals surface area contributed by atoms with Gasteiger partial charge in [0.15, 0.2) is 5.13 Å². The van der Waals surface area contributed by atoms with Gasteiger partial charge in [0, 0.05) is 18.8 Å². The van der Waals surface area contributed by atoms with E-state index in [-0.39, 0.29) is 6.10 Å². The van der Waals surface area contributed by atoms with Gasteiger partial charge >= 0.3 is 0 Å². The van der Waals surface area contributed by atoms with E-state index in [2.05, 4.69) is 58.8 Å². The van der Waals surface area contributed by atoms with Crippen molar-refractivity contribution in [3.8, 4) is 10.4 Å². The van der Waals surface area contributed by atoms with Crippen molar-refractivity contribution >= 4 is 16.5 Å². The van der Waals surface area contributed by atoms with Crippen LogP contribution in [-0.4, -0.2) is 17.6 Å². The third kappa shape index (κ3) is 3.50. The molecule has 122 valence electrons. The SMILES string of the molecule is c1ccc(-c2cnc(NC3CCOC(c4ccccc4)C3)s2)cc1. The molecule has 1 N–H and O–H groups in total. The summed E-state index contributed by atoms with van der Waals surface area (Å²) in [6.45, 7) is 0.786. The van der Waals surface area contributed by atoms with Gasteiger partial charge in [0.2, 0.25) is 0 Å². The summed E-state index contributed by atoms with van der Waals surface area (Å²) < 4.78 is 5.95. The first-order valence-electron chi connectivity index (χ1n) is 8.33. The third-order valence-corrected chi connectivity index (χ3v) is 5.32. The number of hydrogen-bond donors (Lipinski definition) is 1. The summed E-state index contributed by atoms with van der Waals surface area (Å²) in [5.74, 6) is 0. The second-order valence-electron chi connectivity index (χ2n) is 6.03. The Bertz CT molecular complexity index is 773. The summed E-state index contributed by atoms with van der Waals surface area (Å²) in [5.41, 5.74) is 2.48. The van der Waals surface area contributed by atoms with E-state index in [1.807, 2.05) is 18.3 Å². The molecule has 24 heavy (non-hydrogen) atoms. The Morgan fingerprint density at radius 1 is 1.00 bits per heavy atom. The molecule has 3 aromatic rings. The molecule has 1 aliphatic rings. The van der Waals surface area contributed by atoms with E-state index in [1.54, 1.807) is 11.3 Å². The van der Waals surface area contributed by atoms with Crippen LogP contribution in [0.25, 0.3) is 10.4 Å². The maximum Gasteiger partial charge on any atom is 0.183 e. The molecule has 1 saturated heterocycles. The second-order valence-corrected chi connectivity index (χ2v) is 7.06. The van der Waals surface area contributed by atoms with Crippen LogP contribution in [0.4, 0.5) is 5.13 Å². The lowest BCUT2D eigenvalue weighted by molar-refractivity contribution is 0.00979. The second kappa shape index (κ2) is 7.16. The van der Waals surface area contributed by atoms with E-state index >= 15 is 0 Å². The number of ether oxygens (including phenoxy) is 1. The van der Waals surface area contributed by atoms with Gasteiger partial charge in [-0.25, -0.2) is 4.98 Å². The van der Waals surface area contributed by atoms with Gasteiger partial charge in [-0.1, -0.05) is 72.0 Å². The van der Waals surface area contributed by atoms with Gasteiger partial charge in [-0.15, -0.1) is 0 Å². The molecule has 3 nitrogen and oxygen atoms in total. The lowest BCUT2D eigenvalue weighted by Crippen LogP contribution is -2.30. The maximum atomic E-state index is 5.95. The molecule has 0 spiro atoms. The molecule has 0 saturated carbocycles. The molecule has 0 bridgehead atoms. The topological polar surface area (TPSA) is 34.2 Å². The number of nitrogens with one attached hydrogen (secondary N) is 1. The molecule has 4 heteroatoms. The molecule has 2 unspecified atom stereocenters. The van der Waals surface area contributed by atoms with Gasteiger partial charge in [0.05, 0.1) is 11.0 Å². The molecule has 0 radical (unpaired) electrons. The number of rotatable bonds is 4. The molecule has 0 amide bonds. The summed E-state index contributed by atoms with van der Waals surface area (Å²) in [6.07, 6.45) is 4.12. The summed E-state index contributed by atoms with van der Waals surface area (Å²) in [7, 11) is 0. The van der Waals surface area contributed by atoms with Crippen molar-refractivity contribution in [1.29, 1.82) is 0 Å². The van der Waals surface area contributed by atoms with Crippen molar-refractivity contribution < 1.29 is 4.74 Å². The van der Waals surface area contributed by atoms with Crippen molar-refractivity contribution in [3.05, 3.63) is 72.4 Å². The number of benzene rings is 2. The van der Waals surface area contributed by atoms with Gasteiger partial charge in [0.25, 0.3) is 0 Å². The fraction of sp³-hybridized carbons (Fsp3) is 0.250. The highest BCUT2D eigenvalue weighted by atomic mass is 32.1. The van der Waals surface area contributed by atoms with Crippen LogP contribution in [0.2, 0.25) is 0 Å². The van der Waals surface area contributed by atoms with Crippen LogP contribution in [0.1, 0.15) is 24.5 Å². The highest BCUT2D eigenvalue weighted by Gasteiger charge is 2.24. The smallest absolute Gasteiger partial charge is 0.183 e. The predicted octanol–water partition coefficient (Wildman–Crippen LogP) is 5.14. The number of anilines is 1. The molecule has 0 aliphatic carbocycles. The fourth-order valence-corrected chi connectivity index (χ4v) is 3.98. The van der Waals surface area contributed by atoms with Crippen LogP contribution >= 0.6 is 11.3 Å². The zero-order valence-electron chi connectivity index (χ0n) is 13.4. The summed E-state index contributed by atoms with van der Waals surface area (Å²) >= 11 is 1.71.